The molecule has 1 saturated heterocycles. The number of carbonyl (C=O) groups is 1. The molecule has 0 bridgehead atoms. The highest BCUT2D eigenvalue weighted by Gasteiger charge is 2.34. The molecule has 42 heavy (non-hydrogen) atoms. The summed E-state index contributed by atoms with van der Waals surface area (Å²) in [6.45, 7) is 1.97. The largest absolute Gasteiger partial charge is 0.385 e. The van der Waals surface area contributed by atoms with E-state index in [9.17, 15) is 9.90 Å². The number of nitrogens with zero attached hydrogens (tertiary/aromatic N) is 6. The van der Waals surface area contributed by atoms with Crippen molar-refractivity contribution in [1.29, 1.82) is 0 Å². The van der Waals surface area contributed by atoms with Crippen LogP contribution in [0.1, 0.15) is 34.3 Å². The zero-order valence-electron chi connectivity index (χ0n) is 23.3. The maximum atomic E-state index is 12.9. The van der Waals surface area contributed by atoms with Crippen LogP contribution in [0.2, 0.25) is 5.02 Å². The van der Waals surface area contributed by atoms with Gasteiger partial charge in [-0.25, -0.2) is 4.52 Å². The van der Waals surface area contributed by atoms with Gasteiger partial charge in [0.15, 0.2) is 5.65 Å². The SMILES string of the molecule is CN(CCc1cccnc1)C(=O)c1ccc(Nc2nc3c(N4CCC(O)(c5ccc(Cl)cc5)CC4)cccn3n2)cc1. The summed E-state index contributed by atoms with van der Waals surface area (Å²) in [4.78, 5) is 25.8. The molecular weight excluding hydrogens is 550 g/mol. The Labute approximate surface area is 249 Å². The molecular formula is C32H32ClN7O2. The minimum absolute atomic E-state index is 0.0366. The summed E-state index contributed by atoms with van der Waals surface area (Å²) in [6.07, 6.45) is 7.38. The van der Waals surface area contributed by atoms with Crippen molar-refractivity contribution in [2.75, 3.05) is 36.9 Å². The lowest BCUT2D eigenvalue weighted by Crippen LogP contribution is -2.42. The lowest BCUT2D eigenvalue weighted by molar-refractivity contribution is 0.0118. The fraction of sp³-hybridized carbons (Fsp3) is 0.250. The van der Waals surface area contributed by atoms with Gasteiger partial charge in [0, 0.05) is 61.5 Å². The number of pyridine rings is 2. The highest BCUT2D eigenvalue weighted by Crippen LogP contribution is 2.36. The van der Waals surface area contributed by atoms with Gasteiger partial charge in [0.05, 0.1) is 11.3 Å². The minimum atomic E-state index is -0.881. The van der Waals surface area contributed by atoms with Crippen molar-refractivity contribution in [2.24, 2.45) is 0 Å². The van der Waals surface area contributed by atoms with Gasteiger partial charge < -0.3 is 20.2 Å². The maximum Gasteiger partial charge on any atom is 0.253 e. The molecule has 0 spiro atoms. The van der Waals surface area contributed by atoms with Gasteiger partial charge in [-0.1, -0.05) is 29.8 Å². The first kappa shape index (κ1) is 27.7. The predicted octanol–water partition coefficient (Wildman–Crippen LogP) is 5.32. The van der Waals surface area contributed by atoms with E-state index in [0.717, 1.165) is 34.6 Å². The molecule has 1 aliphatic rings. The summed E-state index contributed by atoms with van der Waals surface area (Å²) in [7, 11) is 1.81. The van der Waals surface area contributed by atoms with E-state index in [1.165, 1.54) is 0 Å². The first-order chi connectivity index (χ1) is 20.4. The Morgan fingerprint density at radius 2 is 1.81 bits per heavy atom. The van der Waals surface area contributed by atoms with E-state index >= 15 is 0 Å². The van der Waals surface area contributed by atoms with Gasteiger partial charge in [0.25, 0.3) is 5.91 Å². The van der Waals surface area contributed by atoms with E-state index in [0.29, 0.717) is 49.0 Å². The lowest BCUT2D eigenvalue weighted by Gasteiger charge is -2.39. The molecule has 1 aliphatic heterocycles. The molecule has 3 aromatic heterocycles. The Morgan fingerprint density at radius 1 is 1.05 bits per heavy atom. The number of rotatable bonds is 8. The summed E-state index contributed by atoms with van der Waals surface area (Å²) in [5.41, 5.74) is 4.21. The number of nitrogens with one attached hydrogen (secondary N) is 1. The quantitative estimate of drug-likeness (QED) is 0.256. The topological polar surface area (TPSA) is 98.9 Å². The number of aromatic nitrogens is 4. The minimum Gasteiger partial charge on any atom is -0.385 e. The molecule has 2 N–H and O–H groups in total. The van der Waals surface area contributed by atoms with Crippen molar-refractivity contribution in [2.45, 2.75) is 24.9 Å². The van der Waals surface area contributed by atoms with Crippen molar-refractivity contribution >= 4 is 40.5 Å². The third kappa shape index (κ3) is 5.93. The standard InChI is InChI=1S/C32H32ClN7O2/c1-38(19-14-23-4-2-17-34-22-23)30(41)24-6-12-27(13-7-24)35-31-36-29-28(5-3-18-40(29)37-31)39-20-15-32(42,16-21-39)25-8-10-26(33)11-9-25/h2-13,17-18,22,42H,14-16,19-21H2,1H3,(H,35,37). The number of benzene rings is 2. The maximum absolute atomic E-state index is 12.9. The summed E-state index contributed by atoms with van der Waals surface area (Å²) in [5, 5.41) is 19.8. The summed E-state index contributed by atoms with van der Waals surface area (Å²) in [6, 6.07) is 22.7. The number of halogens is 1. The molecule has 1 fully saturated rings. The first-order valence-corrected chi connectivity index (χ1v) is 14.4. The number of hydrogen-bond donors (Lipinski definition) is 2. The zero-order chi connectivity index (χ0) is 29.1. The summed E-state index contributed by atoms with van der Waals surface area (Å²) >= 11 is 6.04. The Balaban J connectivity index is 1.10. The van der Waals surface area contributed by atoms with Gasteiger partial charge in [0.2, 0.25) is 5.95 Å². The summed E-state index contributed by atoms with van der Waals surface area (Å²) < 4.78 is 1.76. The Bertz CT molecular complexity index is 1670. The number of amides is 1. The van der Waals surface area contributed by atoms with Crippen molar-refractivity contribution in [3.63, 3.8) is 0 Å². The van der Waals surface area contributed by atoms with Crippen LogP contribution in [0.4, 0.5) is 17.3 Å². The Hall–Kier alpha value is -4.47. The highest BCUT2D eigenvalue weighted by molar-refractivity contribution is 6.30. The number of aliphatic hydroxyl groups is 1. The van der Waals surface area contributed by atoms with Crippen LogP contribution in [0.3, 0.4) is 0 Å². The van der Waals surface area contributed by atoms with Crippen LogP contribution < -0.4 is 10.2 Å². The molecule has 0 saturated carbocycles. The van der Waals surface area contributed by atoms with Gasteiger partial charge in [-0.15, -0.1) is 5.10 Å². The predicted molar refractivity (Wildman–Crippen MR) is 164 cm³/mol. The number of likely N-dealkylation sites (N-methyl/N-ethyl adjacent to an activating group) is 1. The van der Waals surface area contributed by atoms with E-state index in [1.54, 1.807) is 15.6 Å². The van der Waals surface area contributed by atoms with E-state index in [2.05, 4.69) is 20.3 Å². The molecule has 0 aliphatic carbocycles. The second kappa shape index (κ2) is 11.8. The van der Waals surface area contributed by atoms with Crippen molar-refractivity contribution in [3.8, 4) is 0 Å². The summed E-state index contributed by atoms with van der Waals surface area (Å²) in [5.74, 6) is 0.426. The molecule has 4 heterocycles. The van der Waals surface area contributed by atoms with Crippen molar-refractivity contribution in [3.05, 3.63) is 113 Å². The second-order valence-corrected chi connectivity index (χ2v) is 11.1. The third-order valence-corrected chi connectivity index (χ3v) is 8.10. The number of fused-ring (bicyclic) bond motifs is 1. The van der Waals surface area contributed by atoms with Crippen LogP contribution in [0, 0.1) is 0 Å². The average molecular weight is 582 g/mol. The number of anilines is 3. The highest BCUT2D eigenvalue weighted by atomic mass is 35.5. The monoisotopic (exact) mass is 581 g/mol. The van der Waals surface area contributed by atoms with Gasteiger partial charge >= 0.3 is 0 Å². The Morgan fingerprint density at radius 3 is 2.52 bits per heavy atom. The average Bonchev–Trinajstić information content (AvgIpc) is 3.44. The Kier molecular flexibility index (Phi) is 7.78. The van der Waals surface area contributed by atoms with E-state index in [1.807, 2.05) is 92.2 Å². The number of piperidine rings is 1. The fourth-order valence-electron chi connectivity index (χ4n) is 5.35. The van der Waals surface area contributed by atoms with Gasteiger partial charge in [0.1, 0.15) is 0 Å². The van der Waals surface area contributed by atoms with Crippen LogP contribution in [-0.2, 0) is 12.0 Å². The second-order valence-electron chi connectivity index (χ2n) is 10.7. The normalized spacial score (nSPS) is 14.6. The van der Waals surface area contributed by atoms with Crippen molar-refractivity contribution in [1.82, 2.24) is 24.5 Å². The van der Waals surface area contributed by atoms with Gasteiger partial charge in [-0.3, -0.25) is 9.78 Å². The fourth-order valence-corrected chi connectivity index (χ4v) is 5.47. The number of hydrogen-bond acceptors (Lipinski definition) is 7. The first-order valence-electron chi connectivity index (χ1n) is 14.0. The molecule has 0 unspecified atom stereocenters. The van der Waals surface area contributed by atoms with Crippen LogP contribution >= 0.6 is 11.6 Å². The molecule has 5 aromatic rings. The van der Waals surface area contributed by atoms with Gasteiger partial charge in [-0.2, -0.15) is 4.98 Å². The molecule has 0 atom stereocenters. The van der Waals surface area contributed by atoms with Gasteiger partial charge in [-0.05, 0) is 85.0 Å². The molecule has 10 heteroatoms. The zero-order valence-corrected chi connectivity index (χ0v) is 24.1. The molecule has 214 valence electrons. The van der Waals surface area contributed by atoms with Crippen LogP contribution in [0.15, 0.2) is 91.4 Å². The third-order valence-electron chi connectivity index (χ3n) is 7.85. The molecule has 9 nitrogen and oxygen atoms in total. The van der Waals surface area contributed by atoms with E-state index < -0.39 is 5.60 Å². The van der Waals surface area contributed by atoms with Crippen LogP contribution in [0.5, 0.6) is 0 Å². The molecule has 2 aromatic carbocycles. The van der Waals surface area contributed by atoms with Crippen LogP contribution in [0.25, 0.3) is 5.65 Å². The van der Waals surface area contributed by atoms with Crippen molar-refractivity contribution < 1.29 is 9.90 Å². The molecule has 6 rings (SSSR count). The molecule has 1 amide bonds. The lowest BCUT2D eigenvalue weighted by atomic mass is 9.84. The smallest absolute Gasteiger partial charge is 0.253 e. The van der Waals surface area contributed by atoms with E-state index in [4.69, 9.17) is 16.6 Å². The van der Waals surface area contributed by atoms with E-state index in [-0.39, 0.29) is 5.91 Å². The number of carbonyl (C=O) groups excluding carboxylic acids is 1. The molecule has 0 radical (unpaired) electrons. The van der Waals surface area contributed by atoms with Crippen LogP contribution in [-0.4, -0.2) is 62.2 Å².